The van der Waals surface area contributed by atoms with Crippen LogP contribution in [0.4, 0.5) is 0 Å². The molecule has 0 spiro atoms. The summed E-state index contributed by atoms with van der Waals surface area (Å²) in [6.45, 7) is 2.61. The van der Waals surface area contributed by atoms with Crippen LogP contribution in [0, 0.1) is 6.92 Å². The van der Waals surface area contributed by atoms with Gasteiger partial charge in [0.2, 0.25) is 0 Å². The zero-order valence-electron chi connectivity index (χ0n) is 11.4. The Bertz CT molecular complexity index is 544. The van der Waals surface area contributed by atoms with Gasteiger partial charge in [0.25, 0.3) is 0 Å². The number of rotatable bonds is 5. The number of aryl methyl sites for hydroxylation is 1. The van der Waals surface area contributed by atoms with Crippen molar-refractivity contribution in [3.63, 3.8) is 0 Å². The molecule has 2 aromatic rings. The fraction of sp³-hybridized carbons (Fsp3) is 0.385. The highest BCUT2D eigenvalue weighted by Crippen LogP contribution is 2.31. The Labute approximate surface area is 112 Å². The number of nitrogens with two attached hydrogens (primary N) is 1. The van der Waals surface area contributed by atoms with Crippen molar-refractivity contribution in [2.24, 2.45) is 12.8 Å². The van der Waals surface area contributed by atoms with Crippen LogP contribution in [0.25, 0.3) is 0 Å². The molecular weight excluding hydrogens is 244 g/mol. The van der Waals surface area contributed by atoms with Crippen LogP contribution in [0.3, 0.4) is 0 Å². The minimum absolute atomic E-state index is 0.324. The maximum absolute atomic E-state index is 5.80. The van der Waals surface area contributed by atoms with Gasteiger partial charge in [-0.2, -0.15) is 0 Å². The number of aromatic nitrogens is 3. The number of hydrogen-bond acceptors (Lipinski definition) is 5. The highest BCUT2D eigenvalue weighted by Gasteiger charge is 2.12. The van der Waals surface area contributed by atoms with Crippen LogP contribution in [0.2, 0.25) is 0 Å². The lowest BCUT2D eigenvalue weighted by Crippen LogP contribution is -2.08. The molecule has 1 aromatic heterocycles. The SMILES string of the molecule is COc1cccc(CN)c1OCc1nnc(C)n1C. The fourth-order valence-corrected chi connectivity index (χ4v) is 1.76. The molecular formula is C13H18N4O2. The zero-order chi connectivity index (χ0) is 13.8. The van der Waals surface area contributed by atoms with Gasteiger partial charge < -0.3 is 19.8 Å². The maximum Gasteiger partial charge on any atom is 0.170 e. The molecule has 1 aromatic carbocycles. The fourth-order valence-electron chi connectivity index (χ4n) is 1.76. The van der Waals surface area contributed by atoms with Gasteiger partial charge in [-0.1, -0.05) is 12.1 Å². The topological polar surface area (TPSA) is 75.2 Å². The van der Waals surface area contributed by atoms with Crippen molar-refractivity contribution in [1.82, 2.24) is 14.8 Å². The molecule has 19 heavy (non-hydrogen) atoms. The summed E-state index contributed by atoms with van der Waals surface area (Å²) in [4.78, 5) is 0. The molecule has 2 rings (SSSR count). The Morgan fingerprint density at radius 3 is 2.68 bits per heavy atom. The van der Waals surface area contributed by atoms with Crippen molar-refractivity contribution in [3.05, 3.63) is 35.4 Å². The van der Waals surface area contributed by atoms with Crippen molar-refractivity contribution in [3.8, 4) is 11.5 Å². The summed E-state index contributed by atoms with van der Waals surface area (Å²) in [6.07, 6.45) is 0. The highest BCUT2D eigenvalue weighted by molar-refractivity contribution is 5.46. The predicted molar refractivity (Wildman–Crippen MR) is 71.0 cm³/mol. The van der Waals surface area contributed by atoms with Gasteiger partial charge in [0, 0.05) is 19.2 Å². The first kappa shape index (κ1) is 13.4. The molecule has 2 N–H and O–H groups in total. The molecule has 1 heterocycles. The second kappa shape index (κ2) is 5.71. The third kappa shape index (κ3) is 2.68. The molecule has 0 unspecified atom stereocenters. The van der Waals surface area contributed by atoms with E-state index in [4.69, 9.17) is 15.2 Å². The average molecular weight is 262 g/mol. The Morgan fingerprint density at radius 1 is 1.32 bits per heavy atom. The third-order valence-corrected chi connectivity index (χ3v) is 3.03. The first-order valence-corrected chi connectivity index (χ1v) is 6.01. The first-order chi connectivity index (χ1) is 9.17. The van der Waals surface area contributed by atoms with Crippen molar-refractivity contribution in [2.45, 2.75) is 20.1 Å². The van der Waals surface area contributed by atoms with E-state index in [0.717, 1.165) is 17.2 Å². The average Bonchev–Trinajstić information content (AvgIpc) is 2.76. The van der Waals surface area contributed by atoms with Crippen LogP contribution in [0.1, 0.15) is 17.2 Å². The minimum Gasteiger partial charge on any atom is -0.493 e. The van der Waals surface area contributed by atoms with E-state index in [0.29, 0.717) is 24.7 Å². The number of hydrogen-bond donors (Lipinski definition) is 1. The van der Waals surface area contributed by atoms with Gasteiger partial charge in [0.15, 0.2) is 17.3 Å². The molecule has 0 aliphatic heterocycles. The van der Waals surface area contributed by atoms with E-state index in [1.807, 2.05) is 36.7 Å². The second-order valence-electron chi connectivity index (χ2n) is 4.16. The van der Waals surface area contributed by atoms with Crippen LogP contribution in [0.15, 0.2) is 18.2 Å². The molecule has 0 aliphatic rings. The molecule has 102 valence electrons. The summed E-state index contributed by atoms with van der Waals surface area (Å²) in [6, 6.07) is 5.65. The Hall–Kier alpha value is -2.08. The molecule has 0 saturated heterocycles. The Balaban J connectivity index is 2.21. The molecule has 6 nitrogen and oxygen atoms in total. The van der Waals surface area contributed by atoms with Gasteiger partial charge in [-0.15, -0.1) is 10.2 Å². The van der Waals surface area contributed by atoms with Gasteiger partial charge in [-0.25, -0.2) is 0 Å². The quantitative estimate of drug-likeness (QED) is 0.875. The number of benzene rings is 1. The Kier molecular flexibility index (Phi) is 4.01. The van der Waals surface area contributed by atoms with E-state index in [1.165, 1.54) is 0 Å². The lowest BCUT2D eigenvalue weighted by Gasteiger charge is -2.13. The Morgan fingerprint density at radius 2 is 2.11 bits per heavy atom. The van der Waals surface area contributed by atoms with Gasteiger partial charge in [-0.3, -0.25) is 0 Å². The van der Waals surface area contributed by atoms with Crippen LogP contribution in [-0.4, -0.2) is 21.9 Å². The van der Waals surface area contributed by atoms with Crippen LogP contribution >= 0.6 is 0 Å². The van der Waals surface area contributed by atoms with Gasteiger partial charge in [0.1, 0.15) is 12.4 Å². The lowest BCUT2D eigenvalue weighted by atomic mass is 10.2. The third-order valence-electron chi connectivity index (χ3n) is 3.03. The summed E-state index contributed by atoms with van der Waals surface area (Å²) in [5.41, 5.74) is 6.61. The van der Waals surface area contributed by atoms with Crippen molar-refractivity contribution in [1.29, 1.82) is 0 Å². The molecule has 6 heteroatoms. The number of methoxy groups -OCH3 is 1. The molecule has 0 atom stereocenters. The smallest absolute Gasteiger partial charge is 0.170 e. The normalized spacial score (nSPS) is 10.5. The van der Waals surface area contributed by atoms with Crippen molar-refractivity contribution in [2.75, 3.05) is 7.11 Å². The number of para-hydroxylation sites is 1. The standard InChI is InChI=1S/C13H18N4O2/c1-9-15-16-12(17(9)2)8-19-13-10(7-14)5-4-6-11(13)18-3/h4-6H,7-8,14H2,1-3H3. The van der Waals surface area contributed by atoms with E-state index >= 15 is 0 Å². The molecule has 0 fully saturated rings. The summed E-state index contributed by atoms with van der Waals surface area (Å²) < 4.78 is 13.0. The predicted octanol–water partition coefficient (Wildman–Crippen LogP) is 1.17. The van der Waals surface area contributed by atoms with Gasteiger partial charge in [-0.05, 0) is 13.0 Å². The molecule has 0 saturated carbocycles. The summed E-state index contributed by atoms with van der Waals surface area (Å²) in [5.74, 6) is 2.93. The summed E-state index contributed by atoms with van der Waals surface area (Å²) in [7, 11) is 3.51. The van der Waals surface area contributed by atoms with Gasteiger partial charge >= 0.3 is 0 Å². The summed E-state index contributed by atoms with van der Waals surface area (Å²) in [5, 5.41) is 8.05. The maximum atomic E-state index is 5.80. The summed E-state index contributed by atoms with van der Waals surface area (Å²) >= 11 is 0. The minimum atomic E-state index is 0.324. The van der Waals surface area contributed by atoms with Crippen molar-refractivity contribution >= 4 is 0 Å². The second-order valence-corrected chi connectivity index (χ2v) is 4.16. The highest BCUT2D eigenvalue weighted by atomic mass is 16.5. The van der Waals surface area contributed by atoms with Crippen LogP contribution in [0.5, 0.6) is 11.5 Å². The lowest BCUT2D eigenvalue weighted by molar-refractivity contribution is 0.269. The number of ether oxygens (including phenoxy) is 2. The van der Waals surface area contributed by atoms with Gasteiger partial charge in [0.05, 0.1) is 7.11 Å². The molecule has 0 aliphatic carbocycles. The first-order valence-electron chi connectivity index (χ1n) is 6.01. The van der Waals surface area contributed by atoms with E-state index < -0.39 is 0 Å². The monoisotopic (exact) mass is 262 g/mol. The molecule has 0 bridgehead atoms. The largest absolute Gasteiger partial charge is 0.493 e. The molecule has 0 amide bonds. The van der Waals surface area contributed by atoms with E-state index in [1.54, 1.807) is 7.11 Å². The van der Waals surface area contributed by atoms with Crippen LogP contribution in [-0.2, 0) is 20.2 Å². The van der Waals surface area contributed by atoms with E-state index in [-0.39, 0.29) is 0 Å². The van der Waals surface area contributed by atoms with Crippen molar-refractivity contribution < 1.29 is 9.47 Å². The van der Waals surface area contributed by atoms with Crippen LogP contribution < -0.4 is 15.2 Å². The van der Waals surface area contributed by atoms with E-state index in [9.17, 15) is 0 Å². The zero-order valence-corrected chi connectivity index (χ0v) is 11.4. The number of nitrogens with zero attached hydrogens (tertiary/aromatic N) is 3. The molecule has 0 radical (unpaired) electrons. The van der Waals surface area contributed by atoms with E-state index in [2.05, 4.69) is 10.2 Å².